The molecule has 3 aromatic rings. The zero-order valence-electron chi connectivity index (χ0n) is 12.3. The lowest BCUT2D eigenvalue weighted by Crippen LogP contribution is -2.31. The van der Waals surface area contributed by atoms with Crippen LogP contribution >= 0.6 is 11.6 Å². The van der Waals surface area contributed by atoms with Gasteiger partial charge in [0.25, 0.3) is 0 Å². The minimum Gasteiger partial charge on any atom is -0.386 e. The molecule has 5 rings (SSSR count). The summed E-state index contributed by atoms with van der Waals surface area (Å²) in [5, 5.41) is 15.8. The number of fused-ring (bicyclic) bond motifs is 4. The molecule has 3 atom stereocenters. The Morgan fingerprint density at radius 1 is 1.22 bits per heavy atom. The summed E-state index contributed by atoms with van der Waals surface area (Å²) in [6, 6.07) is 8.45. The summed E-state index contributed by atoms with van der Waals surface area (Å²) in [6.07, 6.45) is 5.59. The molecule has 0 aliphatic carbocycles. The number of rotatable bonds is 1. The summed E-state index contributed by atoms with van der Waals surface area (Å²) in [5.41, 5.74) is 4.29. The van der Waals surface area contributed by atoms with Gasteiger partial charge in [-0.05, 0) is 12.0 Å². The molecule has 2 aromatic heterocycles. The van der Waals surface area contributed by atoms with E-state index in [1.807, 2.05) is 23.3 Å². The number of hydrogen-bond acceptors (Lipinski definition) is 3. The predicted octanol–water partition coefficient (Wildman–Crippen LogP) is 3.06. The van der Waals surface area contributed by atoms with Crippen LogP contribution < -0.4 is 0 Å². The Morgan fingerprint density at radius 2 is 2.09 bits per heavy atom. The van der Waals surface area contributed by atoms with E-state index in [0.717, 1.165) is 24.4 Å². The van der Waals surface area contributed by atoms with Crippen molar-refractivity contribution in [3.63, 3.8) is 0 Å². The zero-order chi connectivity index (χ0) is 15.6. The summed E-state index contributed by atoms with van der Waals surface area (Å²) in [4.78, 5) is 4.30. The zero-order valence-corrected chi connectivity index (χ0v) is 13.1. The van der Waals surface area contributed by atoms with Gasteiger partial charge in [-0.1, -0.05) is 35.9 Å². The van der Waals surface area contributed by atoms with E-state index in [1.54, 1.807) is 6.20 Å². The van der Waals surface area contributed by atoms with Crippen LogP contribution in [0.25, 0.3) is 11.3 Å². The average molecular weight is 327 g/mol. The van der Waals surface area contributed by atoms with Crippen molar-refractivity contribution < 1.29 is 5.11 Å². The number of nitrogens with zero attached hydrogens (tertiary/aromatic N) is 4. The molecule has 23 heavy (non-hydrogen) atoms. The fourth-order valence-electron chi connectivity index (χ4n) is 4.12. The molecule has 0 radical (unpaired) electrons. The number of benzene rings is 1. The Bertz CT molecular complexity index is 900. The van der Waals surface area contributed by atoms with Crippen LogP contribution in [0.15, 0.2) is 43.0 Å². The van der Waals surface area contributed by atoms with Gasteiger partial charge >= 0.3 is 0 Å². The molecular formula is C17H15ClN4O. The van der Waals surface area contributed by atoms with Crippen molar-refractivity contribution in [2.75, 3.05) is 0 Å². The van der Waals surface area contributed by atoms with Gasteiger partial charge in [-0.3, -0.25) is 4.68 Å². The largest absolute Gasteiger partial charge is 0.386 e. The first-order valence-electron chi connectivity index (χ1n) is 7.76. The van der Waals surface area contributed by atoms with E-state index in [4.69, 9.17) is 11.6 Å². The maximum Gasteiger partial charge on any atom is 0.102 e. The van der Waals surface area contributed by atoms with Gasteiger partial charge < -0.3 is 9.67 Å². The molecule has 0 amide bonds. The first-order chi connectivity index (χ1) is 11.3. The smallest absolute Gasteiger partial charge is 0.102 e. The van der Waals surface area contributed by atoms with Crippen molar-refractivity contribution in [1.29, 1.82) is 0 Å². The maximum absolute atomic E-state index is 11.0. The number of imidazole rings is 1. The molecule has 4 heterocycles. The minimum atomic E-state index is -0.634. The summed E-state index contributed by atoms with van der Waals surface area (Å²) in [7, 11) is 0. The van der Waals surface area contributed by atoms with E-state index < -0.39 is 6.10 Å². The number of hydrogen-bond donors (Lipinski definition) is 1. The Balaban J connectivity index is 1.65. The van der Waals surface area contributed by atoms with E-state index in [-0.39, 0.29) is 12.0 Å². The molecule has 0 saturated heterocycles. The first kappa shape index (κ1) is 13.3. The number of aryl methyl sites for hydroxylation is 1. The van der Waals surface area contributed by atoms with Crippen LogP contribution in [0.4, 0.5) is 0 Å². The lowest BCUT2D eigenvalue weighted by molar-refractivity contribution is 0.0526. The van der Waals surface area contributed by atoms with Crippen LogP contribution in [0.3, 0.4) is 0 Å². The molecule has 116 valence electrons. The highest BCUT2D eigenvalue weighted by molar-refractivity contribution is 6.31. The monoisotopic (exact) mass is 326 g/mol. The number of aliphatic hydroxyl groups is 1. The summed E-state index contributed by atoms with van der Waals surface area (Å²) < 4.78 is 4.00. The van der Waals surface area contributed by atoms with Gasteiger partial charge in [-0.25, -0.2) is 4.98 Å². The molecule has 0 bridgehead atoms. The quantitative estimate of drug-likeness (QED) is 0.747. The average Bonchev–Trinajstić information content (AvgIpc) is 3.23. The Morgan fingerprint density at radius 3 is 3.00 bits per heavy atom. The van der Waals surface area contributed by atoms with Crippen molar-refractivity contribution in [3.8, 4) is 11.3 Å². The second-order valence-electron chi connectivity index (χ2n) is 6.22. The summed E-state index contributed by atoms with van der Waals surface area (Å²) in [6.45, 7) is 0.770. The summed E-state index contributed by atoms with van der Waals surface area (Å²) >= 11 is 6.24. The van der Waals surface area contributed by atoms with E-state index in [1.165, 1.54) is 11.1 Å². The predicted molar refractivity (Wildman–Crippen MR) is 86.1 cm³/mol. The molecular weight excluding hydrogens is 312 g/mol. The van der Waals surface area contributed by atoms with Gasteiger partial charge in [0.15, 0.2) is 0 Å². The van der Waals surface area contributed by atoms with Crippen LogP contribution in [0.2, 0.25) is 5.02 Å². The van der Waals surface area contributed by atoms with Crippen LogP contribution in [0, 0.1) is 5.92 Å². The lowest BCUT2D eigenvalue weighted by Gasteiger charge is -2.34. The standard InChI is InChI=1S/C17H15ClN4O/c18-13-7-20-22-6-5-12(17(23)16(13)22)15-11-4-2-1-3-10(11)14-8-19-9-21(14)15/h1-4,7-9,12,15,17,23H,5-6H2/t12-,15?,17+/m0/s1. The molecule has 0 spiro atoms. The third-order valence-corrected chi connectivity index (χ3v) is 5.41. The van der Waals surface area contributed by atoms with Crippen LogP contribution in [0.1, 0.15) is 29.8 Å². The highest BCUT2D eigenvalue weighted by Gasteiger charge is 2.41. The second-order valence-corrected chi connectivity index (χ2v) is 6.62. The van der Waals surface area contributed by atoms with Crippen LogP contribution in [0.5, 0.6) is 0 Å². The fraction of sp³-hybridized carbons (Fsp3) is 0.294. The van der Waals surface area contributed by atoms with E-state index >= 15 is 0 Å². The molecule has 6 heteroatoms. The Labute approximate surface area is 138 Å². The molecule has 2 aliphatic heterocycles. The van der Waals surface area contributed by atoms with Gasteiger partial charge in [-0.15, -0.1) is 0 Å². The van der Waals surface area contributed by atoms with Gasteiger partial charge in [0, 0.05) is 18.0 Å². The van der Waals surface area contributed by atoms with Gasteiger partial charge in [0.05, 0.1) is 41.2 Å². The van der Waals surface area contributed by atoms with E-state index in [0.29, 0.717) is 5.02 Å². The normalized spacial score (nSPS) is 25.0. The van der Waals surface area contributed by atoms with E-state index in [9.17, 15) is 5.11 Å². The van der Waals surface area contributed by atoms with Crippen molar-refractivity contribution in [1.82, 2.24) is 19.3 Å². The highest BCUT2D eigenvalue weighted by atomic mass is 35.5. The number of aromatic nitrogens is 4. The van der Waals surface area contributed by atoms with Crippen molar-refractivity contribution in [2.24, 2.45) is 5.92 Å². The summed E-state index contributed by atoms with van der Waals surface area (Å²) in [5.74, 6) is 0.0494. The van der Waals surface area contributed by atoms with Gasteiger partial charge in [-0.2, -0.15) is 5.10 Å². The Hall–Kier alpha value is -2.11. The van der Waals surface area contributed by atoms with E-state index in [2.05, 4.69) is 32.8 Å². The third kappa shape index (κ3) is 1.72. The SMILES string of the molecule is O[C@H]1c2c(Cl)cnn2CC[C@H]1C1c2ccccc2-c2cncn21. The number of halogens is 1. The molecule has 1 N–H and O–H groups in total. The van der Waals surface area contributed by atoms with Crippen LogP contribution in [-0.4, -0.2) is 24.4 Å². The van der Waals surface area contributed by atoms with Gasteiger partial charge in [0.2, 0.25) is 0 Å². The molecule has 5 nitrogen and oxygen atoms in total. The van der Waals surface area contributed by atoms with Crippen molar-refractivity contribution in [3.05, 3.63) is 59.3 Å². The van der Waals surface area contributed by atoms with Crippen LogP contribution in [-0.2, 0) is 6.54 Å². The maximum atomic E-state index is 11.0. The topological polar surface area (TPSA) is 55.9 Å². The van der Waals surface area contributed by atoms with Crippen molar-refractivity contribution in [2.45, 2.75) is 25.1 Å². The molecule has 0 fully saturated rings. The third-order valence-electron chi connectivity index (χ3n) is 5.12. The Kier molecular flexibility index (Phi) is 2.72. The molecule has 1 unspecified atom stereocenters. The highest BCUT2D eigenvalue weighted by Crippen LogP contribution is 2.49. The lowest BCUT2D eigenvalue weighted by atomic mass is 9.83. The molecule has 0 saturated carbocycles. The number of aliphatic hydroxyl groups excluding tert-OH is 1. The second kappa shape index (κ2) is 4.69. The minimum absolute atomic E-state index is 0.0494. The molecule has 2 aliphatic rings. The first-order valence-corrected chi connectivity index (χ1v) is 8.14. The fourth-order valence-corrected chi connectivity index (χ4v) is 4.37. The van der Waals surface area contributed by atoms with Crippen molar-refractivity contribution >= 4 is 11.6 Å². The molecule has 1 aromatic carbocycles. The van der Waals surface area contributed by atoms with Gasteiger partial charge in [0.1, 0.15) is 6.10 Å².